The van der Waals surface area contributed by atoms with Crippen molar-refractivity contribution < 1.29 is 19.8 Å². The van der Waals surface area contributed by atoms with Crippen LogP contribution >= 0.6 is 23.5 Å². The topological polar surface area (TPSA) is 74.6 Å². The summed E-state index contributed by atoms with van der Waals surface area (Å²) in [6, 6.07) is 8.52. The quantitative estimate of drug-likeness (QED) is 0.0903. The lowest BCUT2D eigenvalue weighted by molar-refractivity contribution is -0.138. The van der Waals surface area contributed by atoms with Gasteiger partial charge in [0.05, 0.1) is 0 Å². The molecule has 0 radical (unpaired) electrons. The van der Waals surface area contributed by atoms with E-state index < -0.39 is 11.9 Å². The van der Waals surface area contributed by atoms with E-state index in [0.717, 1.165) is 30.8 Å². The number of carboxylic acid groups (broad SMARTS) is 2. The molecule has 0 aromatic heterocycles. The maximum atomic E-state index is 10.7. The van der Waals surface area contributed by atoms with Crippen molar-refractivity contribution in [2.24, 2.45) is 0 Å². The van der Waals surface area contributed by atoms with Crippen LogP contribution in [0.15, 0.2) is 34.1 Å². The molecule has 36 heavy (non-hydrogen) atoms. The summed E-state index contributed by atoms with van der Waals surface area (Å²) in [6.45, 7) is 0. The zero-order valence-corrected chi connectivity index (χ0v) is 24.0. The number of carbonyl (C=O) groups is 2. The Bertz CT molecular complexity index is 681. The third kappa shape index (κ3) is 21.0. The lowest BCUT2D eigenvalue weighted by Gasteiger charge is -2.08. The molecule has 206 valence electrons. The highest BCUT2D eigenvalue weighted by molar-refractivity contribution is 8.02. The molecule has 0 bridgehead atoms. The molecule has 6 heteroatoms. The van der Waals surface area contributed by atoms with Crippen molar-refractivity contribution in [2.45, 2.75) is 138 Å². The van der Waals surface area contributed by atoms with Gasteiger partial charge in [0.15, 0.2) is 0 Å². The molecule has 1 aromatic rings. The van der Waals surface area contributed by atoms with E-state index in [1.165, 1.54) is 106 Å². The van der Waals surface area contributed by atoms with Crippen molar-refractivity contribution in [3.05, 3.63) is 24.3 Å². The van der Waals surface area contributed by atoms with E-state index in [0.29, 0.717) is 6.42 Å². The molecule has 0 aliphatic carbocycles. The zero-order chi connectivity index (χ0) is 26.1. The Morgan fingerprint density at radius 3 is 1.17 bits per heavy atom. The van der Waals surface area contributed by atoms with Gasteiger partial charge in [0.25, 0.3) is 0 Å². The van der Waals surface area contributed by atoms with E-state index >= 15 is 0 Å². The van der Waals surface area contributed by atoms with Crippen LogP contribution in [0.5, 0.6) is 0 Å². The molecule has 2 N–H and O–H groups in total. The maximum Gasteiger partial charge on any atom is 0.303 e. The van der Waals surface area contributed by atoms with E-state index in [-0.39, 0.29) is 6.42 Å². The predicted octanol–water partition coefficient (Wildman–Crippen LogP) is 9.84. The van der Waals surface area contributed by atoms with Gasteiger partial charge in [0.2, 0.25) is 0 Å². The lowest BCUT2D eigenvalue weighted by atomic mass is 10.0. The number of rotatable bonds is 26. The molecule has 0 aliphatic heterocycles. The van der Waals surface area contributed by atoms with Crippen LogP contribution in [0.2, 0.25) is 0 Å². The summed E-state index contributed by atoms with van der Waals surface area (Å²) >= 11 is 3.73. The van der Waals surface area contributed by atoms with Crippen LogP contribution in [0.1, 0.15) is 128 Å². The predicted molar refractivity (Wildman–Crippen MR) is 156 cm³/mol. The molecule has 0 fully saturated rings. The molecule has 1 aromatic carbocycles. The normalized spacial score (nSPS) is 11.1. The van der Waals surface area contributed by atoms with E-state index in [1.807, 2.05) is 11.8 Å². The monoisotopic (exact) mass is 538 g/mol. The summed E-state index contributed by atoms with van der Waals surface area (Å²) in [5.41, 5.74) is 0. The second kappa shape index (κ2) is 24.2. The van der Waals surface area contributed by atoms with Crippen LogP contribution < -0.4 is 0 Å². The van der Waals surface area contributed by atoms with Crippen LogP contribution in [-0.2, 0) is 9.59 Å². The second-order valence-corrected chi connectivity index (χ2v) is 12.1. The number of thioether (sulfide) groups is 2. The maximum absolute atomic E-state index is 10.7. The Morgan fingerprint density at radius 1 is 0.472 bits per heavy atom. The lowest BCUT2D eigenvalue weighted by Crippen LogP contribution is -1.95. The summed E-state index contributed by atoms with van der Waals surface area (Å²) in [7, 11) is 0. The number of unbranched alkanes of at least 4 members (excludes halogenated alkanes) is 16. The fourth-order valence-corrected chi connectivity index (χ4v) is 6.51. The van der Waals surface area contributed by atoms with Crippen LogP contribution in [0, 0.1) is 0 Å². The molecule has 0 unspecified atom stereocenters. The van der Waals surface area contributed by atoms with Crippen molar-refractivity contribution in [3.8, 4) is 0 Å². The Labute approximate surface area is 228 Å². The standard InChI is InChI=1S/C30H50O4S2/c31-29(32)23-16-14-12-10-8-6-4-2-1-3-5-7-9-11-13-15-19-25-35-27-21-17-18-22-28(27)36-26-20-24-30(33)34/h17-18,21-22H,1-16,19-20,23-26H2,(H,31,32)(H,33,34). The number of aliphatic carboxylic acids is 2. The third-order valence-electron chi connectivity index (χ3n) is 6.43. The van der Waals surface area contributed by atoms with Gasteiger partial charge in [0.1, 0.15) is 0 Å². The van der Waals surface area contributed by atoms with Crippen molar-refractivity contribution in [2.75, 3.05) is 11.5 Å². The van der Waals surface area contributed by atoms with E-state index in [4.69, 9.17) is 10.2 Å². The summed E-state index contributed by atoms with van der Waals surface area (Å²) < 4.78 is 0. The first-order valence-corrected chi connectivity index (χ1v) is 16.3. The number of carboxylic acids is 2. The van der Waals surface area contributed by atoms with Gasteiger partial charge >= 0.3 is 11.9 Å². The first-order valence-electron chi connectivity index (χ1n) is 14.4. The van der Waals surface area contributed by atoms with E-state index in [1.54, 1.807) is 11.8 Å². The van der Waals surface area contributed by atoms with Gasteiger partial charge in [-0.15, -0.1) is 23.5 Å². The van der Waals surface area contributed by atoms with E-state index in [2.05, 4.69) is 24.3 Å². The minimum absolute atomic E-state index is 0.253. The molecule has 1 rings (SSSR count). The molecule has 0 heterocycles. The van der Waals surface area contributed by atoms with Crippen LogP contribution in [0.4, 0.5) is 0 Å². The fourth-order valence-electron chi connectivity index (χ4n) is 4.31. The van der Waals surface area contributed by atoms with Gasteiger partial charge in [0, 0.05) is 22.6 Å². The van der Waals surface area contributed by atoms with E-state index in [9.17, 15) is 9.59 Å². The largest absolute Gasteiger partial charge is 0.481 e. The summed E-state index contributed by atoms with van der Waals surface area (Å²) in [4.78, 5) is 23.8. The highest BCUT2D eigenvalue weighted by Crippen LogP contribution is 2.32. The molecule has 4 nitrogen and oxygen atoms in total. The van der Waals surface area contributed by atoms with Gasteiger partial charge < -0.3 is 10.2 Å². The van der Waals surface area contributed by atoms with Gasteiger partial charge in [-0.2, -0.15) is 0 Å². The highest BCUT2D eigenvalue weighted by Gasteiger charge is 2.04. The van der Waals surface area contributed by atoms with Crippen molar-refractivity contribution >= 4 is 35.5 Å². The number of hydrogen-bond donors (Lipinski definition) is 2. The number of benzene rings is 1. The molecule has 0 saturated heterocycles. The zero-order valence-electron chi connectivity index (χ0n) is 22.4. The Kier molecular flexibility index (Phi) is 22.1. The highest BCUT2D eigenvalue weighted by atomic mass is 32.2. The second-order valence-electron chi connectivity index (χ2n) is 9.80. The minimum atomic E-state index is -0.708. The SMILES string of the molecule is O=C(O)CCCCCCCCCCCCCCCCCCCSc1ccccc1SCCCC(=O)O. The smallest absolute Gasteiger partial charge is 0.303 e. The van der Waals surface area contributed by atoms with Crippen molar-refractivity contribution in [1.82, 2.24) is 0 Å². The Morgan fingerprint density at radius 2 is 0.778 bits per heavy atom. The van der Waals surface area contributed by atoms with Crippen molar-refractivity contribution in [1.29, 1.82) is 0 Å². The minimum Gasteiger partial charge on any atom is -0.481 e. The van der Waals surface area contributed by atoms with Gasteiger partial charge in [-0.1, -0.05) is 108 Å². The van der Waals surface area contributed by atoms with Gasteiger partial charge in [-0.05, 0) is 42.9 Å². The first-order chi connectivity index (χ1) is 17.6. The van der Waals surface area contributed by atoms with Gasteiger partial charge in [-0.25, -0.2) is 0 Å². The van der Waals surface area contributed by atoms with Crippen LogP contribution in [0.3, 0.4) is 0 Å². The Hall–Kier alpha value is -1.14. The summed E-state index contributed by atoms with van der Waals surface area (Å²) in [5, 5.41) is 17.4. The average molecular weight is 539 g/mol. The summed E-state index contributed by atoms with van der Waals surface area (Å²) in [5.74, 6) is 0.656. The average Bonchev–Trinajstić information content (AvgIpc) is 2.85. The molecule has 0 aliphatic rings. The molecular formula is C30H50O4S2. The molecule has 0 saturated carbocycles. The fraction of sp³-hybridized carbons (Fsp3) is 0.733. The first kappa shape index (κ1) is 32.9. The van der Waals surface area contributed by atoms with Gasteiger partial charge in [-0.3, -0.25) is 9.59 Å². The van der Waals surface area contributed by atoms with Crippen LogP contribution in [0.25, 0.3) is 0 Å². The molecule has 0 atom stereocenters. The number of hydrogen-bond acceptors (Lipinski definition) is 4. The third-order valence-corrected chi connectivity index (χ3v) is 8.88. The molecule has 0 amide bonds. The molecule has 0 spiro atoms. The molecular weight excluding hydrogens is 488 g/mol. The summed E-state index contributed by atoms with van der Waals surface area (Å²) in [6.07, 6.45) is 23.3. The van der Waals surface area contributed by atoms with Crippen LogP contribution in [-0.4, -0.2) is 33.7 Å². The van der Waals surface area contributed by atoms with Crippen molar-refractivity contribution in [3.63, 3.8) is 0 Å². The Balaban J connectivity index is 1.84.